The van der Waals surface area contributed by atoms with E-state index in [-0.39, 0.29) is 17.1 Å². The summed E-state index contributed by atoms with van der Waals surface area (Å²) in [6, 6.07) is 7.16. The van der Waals surface area contributed by atoms with Crippen LogP contribution in [0.3, 0.4) is 0 Å². The van der Waals surface area contributed by atoms with Crippen LogP contribution < -0.4 is 0 Å². The van der Waals surface area contributed by atoms with Crippen LogP contribution in [0.25, 0.3) is 0 Å². The second-order valence-corrected chi connectivity index (χ2v) is 7.34. The summed E-state index contributed by atoms with van der Waals surface area (Å²) < 4.78 is 26.0. The van der Waals surface area contributed by atoms with Gasteiger partial charge in [-0.3, -0.25) is 14.7 Å². The maximum absolute atomic E-state index is 12.5. The van der Waals surface area contributed by atoms with Crippen molar-refractivity contribution in [2.45, 2.75) is 11.3 Å². The zero-order valence-electron chi connectivity index (χ0n) is 12.6. The molecule has 3 aromatic rings. The fourth-order valence-corrected chi connectivity index (χ4v) is 3.45. The number of carbonyl (C=O) groups is 2. The largest absolute Gasteiger partial charge is 0.290 e. The van der Waals surface area contributed by atoms with Crippen molar-refractivity contribution in [1.29, 1.82) is 0 Å². The van der Waals surface area contributed by atoms with E-state index >= 15 is 0 Å². The number of ketones is 2. The number of carbonyl (C=O) groups excluding carboxylic acids is 2. The molecular weight excluding hydrogens is 368 g/mol. The fraction of sp³-hybridized carbons (Fsp3) is 0.0667. The number of nitrogens with zero attached hydrogens (tertiary/aromatic N) is 3. The van der Waals surface area contributed by atoms with Crippen LogP contribution in [0.15, 0.2) is 53.9 Å². The van der Waals surface area contributed by atoms with Crippen LogP contribution in [0.1, 0.15) is 16.2 Å². The SMILES string of the molecule is O=C(Cc1ccn(S(=O)(=O)c2ccc(Cl)cc2)c1)C(=O)c1nc[nH]n1. The minimum absolute atomic E-state index is 0.0576. The predicted octanol–water partition coefficient (Wildman–Crippen LogP) is 1.49. The quantitative estimate of drug-likeness (QED) is 0.513. The first kappa shape index (κ1) is 17.1. The Balaban J connectivity index is 1.79. The van der Waals surface area contributed by atoms with Crippen LogP contribution in [-0.4, -0.2) is 39.1 Å². The Labute approximate surface area is 147 Å². The Morgan fingerprint density at radius 1 is 1.16 bits per heavy atom. The molecule has 0 saturated heterocycles. The highest BCUT2D eigenvalue weighted by molar-refractivity contribution is 7.90. The second kappa shape index (κ2) is 6.61. The number of benzene rings is 1. The smallest absolute Gasteiger partial charge is 0.267 e. The number of Topliss-reactive ketones (excluding diaryl/α,β-unsaturated/α-hetero) is 2. The Morgan fingerprint density at radius 3 is 2.52 bits per heavy atom. The number of hydrogen-bond donors (Lipinski definition) is 1. The minimum atomic E-state index is -3.80. The van der Waals surface area contributed by atoms with Gasteiger partial charge in [0, 0.05) is 23.8 Å². The highest BCUT2D eigenvalue weighted by atomic mass is 35.5. The van der Waals surface area contributed by atoms with E-state index in [1.807, 2.05) is 0 Å². The molecule has 0 unspecified atom stereocenters. The van der Waals surface area contributed by atoms with Crippen LogP contribution in [0.2, 0.25) is 5.02 Å². The average Bonchev–Trinajstić information content (AvgIpc) is 3.26. The van der Waals surface area contributed by atoms with E-state index in [1.165, 1.54) is 49.1 Å². The van der Waals surface area contributed by atoms with Gasteiger partial charge < -0.3 is 0 Å². The lowest BCUT2D eigenvalue weighted by Gasteiger charge is -2.05. The van der Waals surface area contributed by atoms with Crippen molar-refractivity contribution in [3.63, 3.8) is 0 Å². The van der Waals surface area contributed by atoms with Gasteiger partial charge in [-0.15, -0.1) is 5.10 Å². The van der Waals surface area contributed by atoms with E-state index in [1.54, 1.807) is 0 Å². The van der Waals surface area contributed by atoms with Crippen molar-refractivity contribution in [3.8, 4) is 0 Å². The first-order valence-corrected chi connectivity index (χ1v) is 8.81. The van der Waals surface area contributed by atoms with Crippen LogP contribution >= 0.6 is 11.6 Å². The molecule has 0 fully saturated rings. The van der Waals surface area contributed by atoms with E-state index in [0.29, 0.717) is 10.6 Å². The number of aromatic nitrogens is 4. The third-order valence-corrected chi connectivity index (χ3v) is 5.26. The van der Waals surface area contributed by atoms with Crippen molar-refractivity contribution >= 4 is 33.2 Å². The fourth-order valence-electron chi connectivity index (χ4n) is 2.11. The van der Waals surface area contributed by atoms with Gasteiger partial charge in [-0.2, -0.15) is 0 Å². The normalized spacial score (nSPS) is 11.4. The highest BCUT2D eigenvalue weighted by Crippen LogP contribution is 2.18. The van der Waals surface area contributed by atoms with E-state index in [4.69, 9.17) is 11.6 Å². The van der Waals surface area contributed by atoms with E-state index in [2.05, 4.69) is 15.2 Å². The second-order valence-electron chi connectivity index (χ2n) is 5.06. The summed E-state index contributed by atoms with van der Waals surface area (Å²) in [6.07, 6.45) is 3.53. The molecule has 0 amide bonds. The molecule has 10 heteroatoms. The molecule has 0 atom stereocenters. The summed E-state index contributed by atoms with van der Waals surface area (Å²) in [6.45, 7) is 0. The van der Waals surface area contributed by atoms with Gasteiger partial charge in [0.25, 0.3) is 15.8 Å². The standard InChI is InChI=1S/C15H11ClN4O4S/c16-11-1-3-12(4-2-11)25(23,24)20-6-5-10(8-20)7-13(21)14(22)15-17-9-18-19-15/h1-6,8-9H,7H2,(H,17,18,19). The lowest BCUT2D eigenvalue weighted by molar-refractivity contribution is -0.114. The van der Waals surface area contributed by atoms with Crippen LogP contribution in [0.4, 0.5) is 0 Å². The molecule has 2 aromatic heterocycles. The van der Waals surface area contributed by atoms with Gasteiger partial charge in [-0.05, 0) is 35.9 Å². The molecule has 25 heavy (non-hydrogen) atoms. The van der Waals surface area contributed by atoms with Gasteiger partial charge >= 0.3 is 0 Å². The predicted molar refractivity (Wildman–Crippen MR) is 87.9 cm³/mol. The molecule has 8 nitrogen and oxygen atoms in total. The third kappa shape index (κ3) is 3.52. The van der Waals surface area contributed by atoms with Crippen molar-refractivity contribution < 1.29 is 18.0 Å². The van der Waals surface area contributed by atoms with Crippen molar-refractivity contribution in [2.75, 3.05) is 0 Å². The molecule has 3 rings (SSSR count). The summed E-state index contributed by atoms with van der Waals surface area (Å²) in [7, 11) is -3.80. The Bertz CT molecular complexity index is 1020. The van der Waals surface area contributed by atoms with Gasteiger partial charge in [0.15, 0.2) is 0 Å². The van der Waals surface area contributed by atoms with Gasteiger partial charge in [0.2, 0.25) is 11.6 Å². The summed E-state index contributed by atoms with van der Waals surface area (Å²) in [5.41, 5.74) is 0.381. The molecule has 0 aliphatic rings. The van der Waals surface area contributed by atoms with Crippen molar-refractivity contribution in [3.05, 3.63) is 65.5 Å². The van der Waals surface area contributed by atoms with Crippen molar-refractivity contribution in [1.82, 2.24) is 19.2 Å². The molecular formula is C15H11ClN4O4S. The summed E-state index contributed by atoms with van der Waals surface area (Å²) in [5, 5.41) is 6.32. The number of hydrogen-bond acceptors (Lipinski definition) is 6. The average molecular weight is 379 g/mol. The summed E-state index contributed by atoms with van der Waals surface area (Å²) >= 11 is 5.76. The van der Waals surface area contributed by atoms with Gasteiger partial charge in [-0.25, -0.2) is 17.4 Å². The zero-order valence-corrected chi connectivity index (χ0v) is 14.2. The Kier molecular flexibility index (Phi) is 4.51. The number of rotatable bonds is 6. The van der Waals surface area contributed by atoms with E-state index in [0.717, 1.165) is 3.97 Å². The third-order valence-electron chi connectivity index (χ3n) is 3.35. The Morgan fingerprint density at radius 2 is 1.88 bits per heavy atom. The lowest BCUT2D eigenvalue weighted by Crippen LogP contribution is -2.18. The molecule has 1 aromatic carbocycles. The van der Waals surface area contributed by atoms with Crippen LogP contribution in [0, 0.1) is 0 Å². The van der Waals surface area contributed by atoms with Gasteiger partial charge in [0.05, 0.1) is 4.90 Å². The topological polar surface area (TPSA) is 115 Å². The molecule has 0 spiro atoms. The lowest BCUT2D eigenvalue weighted by atomic mass is 10.1. The van der Waals surface area contributed by atoms with Gasteiger partial charge in [-0.1, -0.05) is 11.6 Å². The van der Waals surface area contributed by atoms with Crippen LogP contribution in [-0.2, 0) is 21.2 Å². The number of H-pyrrole nitrogens is 1. The molecule has 1 N–H and O–H groups in total. The summed E-state index contributed by atoms with van der Waals surface area (Å²) in [5.74, 6) is -1.80. The van der Waals surface area contributed by atoms with Gasteiger partial charge in [0.1, 0.15) is 6.33 Å². The van der Waals surface area contributed by atoms with E-state index < -0.39 is 21.6 Å². The minimum Gasteiger partial charge on any atom is -0.290 e. The maximum atomic E-state index is 12.5. The molecule has 0 saturated carbocycles. The monoisotopic (exact) mass is 378 g/mol. The molecule has 128 valence electrons. The number of aromatic amines is 1. The van der Waals surface area contributed by atoms with Crippen molar-refractivity contribution in [2.24, 2.45) is 0 Å². The molecule has 0 aliphatic heterocycles. The van der Waals surface area contributed by atoms with E-state index in [9.17, 15) is 18.0 Å². The molecule has 0 aliphatic carbocycles. The maximum Gasteiger partial charge on any atom is 0.267 e. The molecule has 0 radical (unpaired) electrons. The molecule has 2 heterocycles. The highest BCUT2D eigenvalue weighted by Gasteiger charge is 2.22. The van der Waals surface area contributed by atoms with Crippen LogP contribution in [0.5, 0.6) is 0 Å². The summed E-state index contributed by atoms with van der Waals surface area (Å²) in [4.78, 5) is 27.5. The number of nitrogens with one attached hydrogen (secondary N) is 1. The first-order chi connectivity index (χ1) is 11.9. The zero-order chi connectivity index (χ0) is 18.0. The Hall–Kier alpha value is -2.78. The first-order valence-electron chi connectivity index (χ1n) is 6.99. The molecule has 0 bridgehead atoms. The number of halogens is 1.